The number of para-hydroxylation sites is 1. The molecule has 1 amide bonds. The second-order valence-corrected chi connectivity index (χ2v) is 9.34. The van der Waals surface area contributed by atoms with Gasteiger partial charge in [-0.25, -0.2) is 14.5 Å². The van der Waals surface area contributed by atoms with E-state index in [0.29, 0.717) is 10.7 Å². The maximum Gasteiger partial charge on any atom is 0.407 e. The third-order valence-corrected chi connectivity index (χ3v) is 5.59. The summed E-state index contributed by atoms with van der Waals surface area (Å²) in [6.45, 7) is 7.96. The van der Waals surface area contributed by atoms with Crippen LogP contribution in [0.1, 0.15) is 38.3 Å². The monoisotopic (exact) mass is 444 g/mol. The minimum absolute atomic E-state index is 0.365. The summed E-state index contributed by atoms with van der Waals surface area (Å²) in [5.41, 5.74) is 1.95. The smallest absolute Gasteiger partial charge is 0.407 e. The van der Waals surface area contributed by atoms with Gasteiger partial charge in [-0.15, -0.1) is 0 Å². The molecule has 0 spiro atoms. The number of nitrogens with one attached hydrogen (secondary N) is 1. The molecule has 2 heterocycles. The molecule has 158 valence electrons. The first kappa shape index (κ1) is 22.2. The number of carbonyl (C=O) groups is 1. The lowest BCUT2D eigenvalue weighted by Crippen LogP contribution is -2.29. The Morgan fingerprint density at radius 1 is 1.20 bits per heavy atom. The molecule has 0 aliphatic heterocycles. The summed E-state index contributed by atoms with van der Waals surface area (Å²) in [6, 6.07) is 15.3. The summed E-state index contributed by atoms with van der Waals surface area (Å²) in [4.78, 5) is 16.6. The number of carbonyl (C=O) groups excluding carboxylic acids is 1. The molecule has 0 aliphatic rings. The van der Waals surface area contributed by atoms with Gasteiger partial charge in [0.15, 0.2) is 6.10 Å². The molecule has 3 rings (SSSR count). The average Bonchev–Trinajstić information content (AvgIpc) is 3.08. The molecule has 0 fully saturated rings. The van der Waals surface area contributed by atoms with Gasteiger partial charge in [0.1, 0.15) is 15.7 Å². The lowest BCUT2D eigenvalue weighted by molar-refractivity contribution is 0.0284. The third-order valence-electron chi connectivity index (χ3n) is 4.33. The number of rotatable bonds is 5. The molecule has 1 N–H and O–H groups in total. The van der Waals surface area contributed by atoms with Crippen LogP contribution in [0.2, 0.25) is 5.02 Å². The van der Waals surface area contributed by atoms with Gasteiger partial charge in [0.25, 0.3) is 0 Å². The Hall–Kier alpha value is -2.51. The van der Waals surface area contributed by atoms with Gasteiger partial charge < -0.3 is 10.1 Å². The standard InChI is InChI=1S/C22H25ClN4O2S/c1-14-9-8-12-18(25-14)30-19-13-16(20(22(2,3)4)29-21(28)24-5)26-27(19)17-11-7-6-10-15(17)23/h6-13,20H,1-5H3,(H,24,28). The number of amides is 1. The van der Waals surface area contributed by atoms with E-state index in [1.807, 2.05) is 76.2 Å². The molecule has 1 atom stereocenters. The third kappa shape index (κ3) is 5.15. The number of halogens is 1. The van der Waals surface area contributed by atoms with Crippen molar-refractivity contribution in [3.63, 3.8) is 0 Å². The highest BCUT2D eigenvalue weighted by Crippen LogP contribution is 2.39. The van der Waals surface area contributed by atoms with Crippen LogP contribution in [0.25, 0.3) is 5.69 Å². The molecule has 0 aliphatic carbocycles. The van der Waals surface area contributed by atoms with E-state index in [4.69, 9.17) is 21.4 Å². The van der Waals surface area contributed by atoms with Gasteiger partial charge in [-0.05, 0) is 49.0 Å². The Balaban J connectivity index is 2.11. The van der Waals surface area contributed by atoms with Gasteiger partial charge in [-0.1, -0.05) is 50.6 Å². The highest BCUT2D eigenvalue weighted by Gasteiger charge is 2.33. The van der Waals surface area contributed by atoms with Crippen molar-refractivity contribution in [1.29, 1.82) is 0 Å². The number of hydrogen-bond donors (Lipinski definition) is 1. The van der Waals surface area contributed by atoms with Crippen LogP contribution in [0.4, 0.5) is 4.79 Å². The van der Waals surface area contributed by atoms with Crippen LogP contribution in [0.15, 0.2) is 58.6 Å². The van der Waals surface area contributed by atoms with Crippen molar-refractivity contribution >= 4 is 29.5 Å². The summed E-state index contributed by atoms with van der Waals surface area (Å²) in [6.07, 6.45) is -1.05. The second kappa shape index (κ2) is 9.10. The van der Waals surface area contributed by atoms with E-state index >= 15 is 0 Å². The number of ether oxygens (including phenoxy) is 1. The Morgan fingerprint density at radius 2 is 1.93 bits per heavy atom. The number of hydrogen-bond acceptors (Lipinski definition) is 5. The summed E-state index contributed by atoms with van der Waals surface area (Å²) in [5, 5.41) is 9.55. The normalized spacial score (nSPS) is 12.5. The molecule has 1 aromatic carbocycles. The predicted molar refractivity (Wildman–Crippen MR) is 119 cm³/mol. The molecule has 6 nitrogen and oxygen atoms in total. The fraction of sp³-hybridized carbons (Fsp3) is 0.318. The van der Waals surface area contributed by atoms with Gasteiger partial charge in [0.2, 0.25) is 0 Å². The average molecular weight is 445 g/mol. The molecule has 8 heteroatoms. The molecule has 0 saturated carbocycles. The van der Waals surface area contributed by atoms with E-state index in [1.165, 1.54) is 18.8 Å². The van der Waals surface area contributed by atoms with Crippen LogP contribution in [0, 0.1) is 12.3 Å². The van der Waals surface area contributed by atoms with Crippen LogP contribution >= 0.6 is 23.4 Å². The number of aromatic nitrogens is 3. The summed E-state index contributed by atoms with van der Waals surface area (Å²) in [7, 11) is 1.54. The lowest BCUT2D eigenvalue weighted by Gasteiger charge is -2.28. The van der Waals surface area contributed by atoms with Crippen LogP contribution in [-0.2, 0) is 4.74 Å². The van der Waals surface area contributed by atoms with Crippen LogP contribution in [0.3, 0.4) is 0 Å². The van der Waals surface area contributed by atoms with Crippen molar-refractivity contribution < 1.29 is 9.53 Å². The van der Waals surface area contributed by atoms with Gasteiger partial charge in [0.05, 0.1) is 10.7 Å². The zero-order chi connectivity index (χ0) is 21.9. The fourth-order valence-corrected chi connectivity index (χ4v) is 4.08. The molecule has 0 saturated heterocycles. The van der Waals surface area contributed by atoms with E-state index in [9.17, 15) is 4.79 Å². The van der Waals surface area contributed by atoms with E-state index in [0.717, 1.165) is 21.4 Å². The highest BCUT2D eigenvalue weighted by molar-refractivity contribution is 7.99. The molecule has 1 unspecified atom stereocenters. The number of aryl methyl sites for hydroxylation is 1. The first-order valence-corrected chi connectivity index (χ1v) is 10.7. The number of benzene rings is 1. The Morgan fingerprint density at radius 3 is 2.57 bits per heavy atom. The van der Waals surface area contributed by atoms with Gasteiger partial charge in [-0.3, -0.25) is 0 Å². The van der Waals surface area contributed by atoms with E-state index in [2.05, 4.69) is 10.3 Å². The lowest BCUT2D eigenvalue weighted by atomic mass is 9.87. The van der Waals surface area contributed by atoms with Crippen LogP contribution in [0.5, 0.6) is 0 Å². The Bertz CT molecular complexity index is 1050. The molecule has 0 radical (unpaired) electrons. The zero-order valence-electron chi connectivity index (χ0n) is 17.6. The number of nitrogens with zero attached hydrogens (tertiary/aromatic N) is 3. The molecular formula is C22H25ClN4O2S. The van der Waals surface area contributed by atoms with Crippen molar-refractivity contribution in [2.75, 3.05) is 7.05 Å². The van der Waals surface area contributed by atoms with Gasteiger partial charge in [-0.2, -0.15) is 5.10 Å². The summed E-state index contributed by atoms with van der Waals surface area (Å²) >= 11 is 7.94. The molecule has 2 aromatic heterocycles. The second-order valence-electron chi connectivity index (χ2n) is 7.89. The summed E-state index contributed by atoms with van der Waals surface area (Å²) in [5.74, 6) is 0. The van der Waals surface area contributed by atoms with Crippen molar-refractivity contribution in [1.82, 2.24) is 20.1 Å². The predicted octanol–water partition coefficient (Wildman–Crippen LogP) is 5.82. The van der Waals surface area contributed by atoms with Crippen LogP contribution in [-0.4, -0.2) is 27.9 Å². The Labute approximate surface area is 186 Å². The molecule has 3 aromatic rings. The van der Waals surface area contributed by atoms with Crippen LogP contribution < -0.4 is 5.32 Å². The largest absolute Gasteiger partial charge is 0.439 e. The van der Waals surface area contributed by atoms with Crippen molar-refractivity contribution in [3.05, 3.63) is 64.9 Å². The van der Waals surface area contributed by atoms with Crippen molar-refractivity contribution in [3.8, 4) is 5.69 Å². The SMILES string of the molecule is CNC(=O)OC(c1cc(Sc2cccc(C)n2)n(-c2ccccc2Cl)n1)C(C)(C)C. The number of pyridine rings is 1. The molecule has 30 heavy (non-hydrogen) atoms. The summed E-state index contributed by atoms with van der Waals surface area (Å²) < 4.78 is 7.45. The van der Waals surface area contributed by atoms with Crippen molar-refractivity contribution in [2.24, 2.45) is 5.41 Å². The van der Waals surface area contributed by atoms with Crippen molar-refractivity contribution in [2.45, 2.75) is 43.9 Å². The topological polar surface area (TPSA) is 69.0 Å². The highest BCUT2D eigenvalue weighted by atomic mass is 35.5. The maximum atomic E-state index is 12.0. The zero-order valence-corrected chi connectivity index (χ0v) is 19.2. The van der Waals surface area contributed by atoms with E-state index in [-0.39, 0.29) is 5.41 Å². The Kier molecular flexibility index (Phi) is 6.73. The molecule has 0 bridgehead atoms. The first-order chi connectivity index (χ1) is 14.2. The maximum absolute atomic E-state index is 12.0. The molecular weight excluding hydrogens is 420 g/mol. The minimum atomic E-state index is -0.550. The van der Waals surface area contributed by atoms with E-state index < -0.39 is 12.2 Å². The number of alkyl carbamates (subject to hydrolysis) is 1. The first-order valence-electron chi connectivity index (χ1n) is 9.54. The quantitative estimate of drug-likeness (QED) is 0.536. The van der Waals surface area contributed by atoms with E-state index in [1.54, 1.807) is 4.68 Å². The minimum Gasteiger partial charge on any atom is -0.439 e. The van der Waals surface area contributed by atoms with Gasteiger partial charge >= 0.3 is 6.09 Å². The van der Waals surface area contributed by atoms with Gasteiger partial charge in [0, 0.05) is 18.2 Å². The fourth-order valence-electron chi connectivity index (χ4n) is 2.91.